The maximum atomic E-state index is 10.1. The van der Waals surface area contributed by atoms with Gasteiger partial charge in [-0.25, -0.2) is 0 Å². The van der Waals surface area contributed by atoms with E-state index in [9.17, 15) is 5.11 Å². The SMILES string of the molecule is C#CC(CC)NCC(O)c1ccc(C(C)C)cc1. The Bertz CT molecular complexity index is 389. The Morgan fingerprint density at radius 2 is 1.78 bits per heavy atom. The lowest BCUT2D eigenvalue weighted by Gasteiger charge is -2.16. The number of terminal acetylenes is 1. The number of hydrogen-bond donors (Lipinski definition) is 2. The number of rotatable bonds is 6. The number of nitrogens with one attached hydrogen (secondary N) is 1. The van der Waals surface area contributed by atoms with E-state index in [2.05, 4.69) is 37.2 Å². The summed E-state index contributed by atoms with van der Waals surface area (Å²) in [7, 11) is 0. The topological polar surface area (TPSA) is 32.3 Å². The quantitative estimate of drug-likeness (QED) is 0.755. The normalized spacial score (nSPS) is 14.2. The van der Waals surface area contributed by atoms with Crippen LogP contribution in [0.15, 0.2) is 24.3 Å². The lowest BCUT2D eigenvalue weighted by Crippen LogP contribution is -2.31. The Balaban J connectivity index is 2.56. The minimum atomic E-state index is -0.506. The van der Waals surface area contributed by atoms with Gasteiger partial charge in [0, 0.05) is 6.54 Å². The lowest BCUT2D eigenvalue weighted by molar-refractivity contribution is 0.172. The summed E-state index contributed by atoms with van der Waals surface area (Å²) in [4.78, 5) is 0. The Morgan fingerprint density at radius 3 is 2.22 bits per heavy atom. The van der Waals surface area contributed by atoms with Crippen LogP contribution in [0.3, 0.4) is 0 Å². The standard InChI is InChI=1S/C16H23NO/c1-5-15(6-2)17-11-16(18)14-9-7-13(8-10-14)12(3)4/h1,7-10,12,15-18H,6,11H2,2-4H3. The molecule has 0 aliphatic rings. The zero-order chi connectivity index (χ0) is 13.5. The van der Waals surface area contributed by atoms with Crippen molar-refractivity contribution in [2.75, 3.05) is 6.54 Å². The zero-order valence-electron chi connectivity index (χ0n) is 11.5. The summed E-state index contributed by atoms with van der Waals surface area (Å²) in [6, 6.07) is 8.15. The second-order valence-corrected chi connectivity index (χ2v) is 4.87. The van der Waals surface area contributed by atoms with Crippen molar-refractivity contribution in [2.24, 2.45) is 0 Å². The average Bonchev–Trinajstić information content (AvgIpc) is 2.39. The van der Waals surface area contributed by atoms with Crippen LogP contribution in [-0.4, -0.2) is 17.7 Å². The molecule has 98 valence electrons. The van der Waals surface area contributed by atoms with E-state index in [1.807, 2.05) is 19.1 Å². The fourth-order valence-corrected chi connectivity index (χ4v) is 1.80. The van der Waals surface area contributed by atoms with Gasteiger partial charge in [-0.3, -0.25) is 0 Å². The van der Waals surface area contributed by atoms with E-state index in [0.717, 1.165) is 12.0 Å². The molecule has 1 aromatic carbocycles. The van der Waals surface area contributed by atoms with E-state index in [1.165, 1.54) is 5.56 Å². The van der Waals surface area contributed by atoms with E-state index in [0.29, 0.717) is 12.5 Å². The van der Waals surface area contributed by atoms with E-state index >= 15 is 0 Å². The minimum absolute atomic E-state index is 0.0367. The summed E-state index contributed by atoms with van der Waals surface area (Å²) in [5, 5.41) is 13.2. The molecule has 0 bridgehead atoms. The molecule has 0 aliphatic carbocycles. The molecule has 0 fully saturated rings. The highest BCUT2D eigenvalue weighted by atomic mass is 16.3. The molecule has 2 nitrogen and oxygen atoms in total. The van der Waals surface area contributed by atoms with Gasteiger partial charge in [0.1, 0.15) is 0 Å². The third-order valence-corrected chi connectivity index (χ3v) is 3.15. The lowest BCUT2D eigenvalue weighted by atomic mass is 10.00. The predicted molar refractivity (Wildman–Crippen MR) is 76.4 cm³/mol. The molecule has 0 aromatic heterocycles. The van der Waals surface area contributed by atoms with E-state index < -0.39 is 6.10 Å². The van der Waals surface area contributed by atoms with E-state index in [4.69, 9.17) is 6.42 Å². The Morgan fingerprint density at radius 1 is 1.22 bits per heavy atom. The van der Waals surface area contributed by atoms with Gasteiger partial charge in [-0.1, -0.05) is 51.0 Å². The van der Waals surface area contributed by atoms with Gasteiger partial charge in [-0.2, -0.15) is 0 Å². The Hall–Kier alpha value is -1.30. The molecule has 0 spiro atoms. The van der Waals surface area contributed by atoms with Crippen molar-refractivity contribution in [3.05, 3.63) is 35.4 Å². The first-order valence-electron chi connectivity index (χ1n) is 6.55. The summed E-state index contributed by atoms with van der Waals surface area (Å²) in [6.07, 6.45) is 5.73. The smallest absolute Gasteiger partial charge is 0.0914 e. The van der Waals surface area contributed by atoms with Crippen molar-refractivity contribution in [2.45, 2.75) is 45.3 Å². The van der Waals surface area contributed by atoms with Gasteiger partial charge in [0.15, 0.2) is 0 Å². The fourth-order valence-electron chi connectivity index (χ4n) is 1.80. The van der Waals surface area contributed by atoms with Crippen LogP contribution in [0.25, 0.3) is 0 Å². The average molecular weight is 245 g/mol. The van der Waals surface area contributed by atoms with Gasteiger partial charge in [0.2, 0.25) is 0 Å². The molecule has 2 heteroatoms. The highest BCUT2D eigenvalue weighted by molar-refractivity contribution is 5.26. The number of aliphatic hydroxyl groups excluding tert-OH is 1. The zero-order valence-corrected chi connectivity index (χ0v) is 11.5. The highest BCUT2D eigenvalue weighted by Crippen LogP contribution is 2.18. The minimum Gasteiger partial charge on any atom is -0.387 e. The van der Waals surface area contributed by atoms with Gasteiger partial charge in [-0.05, 0) is 23.5 Å². The number of hydrogen-bond acceptors (Lipinski definition) is 2. The second kappa shape index (κ2) is 7.20. The highest BCUT2D eigenvalue weighted by Gasteiger charge is 2.10. The molecule has 1 rings (SSSR count). The predicted octanol–water partition coefficient (Wildman–Crippen LogP) is 2.84. The third kappa shape index (κ3) is 4.18. The van der Waals surface area contributed by atoms with Crippen LogP contribution in [0.5, 0.6) is 0 Å². The maximum absolute atomic E-state index is 10.1. The molecule has 2 atom stereocenters. The first-order valence-corrected chi connectivity index (χ1v) is 6.55. The third-order valence-electron chi connectivity index (χ3n) is 3.15. The van der Waals surface area contributed by atoms with Crippen molar-refractivity contribution in [1.82, 2.24) is 5.32 Å². The van der Waals surface area contributed by atoms with Crippen LogP contribution < -0.4 is 5.32 Å². The molecule has 0 radical (unpaired) electrons. The van der Waals surface area contributed by atoms with Crippen LogP contribution in [0.1, 0.15) is 50.3 Å². The fraction of sp³-hybridized carbons (Fsp3) is 0.500. The molecule has 18 heavy (non-hydrogen) atoms. The monoisotopic (exact) mass is 245 g/mol. The largest absolute Gasteiger partial charge is 0.387 e. The molecular weight excluding hydrogens is 222 g/mol. The molecule has 0 saturated heterocycles. The van der Waals surface area contributed by atoms with Crippen molar-refractivity contribution >= 4 is 0 Å². The van der Waals surface area contributed by atoms with Crippen molar-refractivity contribution in [1.29, 1.82) is 0 Å². The van der Waals surface area contributed by atoms with E-state index in [-0.39, 0.29) is 6.04 Å². The van der Waals surface area contributed by atoms with Crippen LogP contribution in [0.4, 0.5) is 0 Å². The number of benzene rings is 1. The van der Waals surface area contributed by atoms with E-state index in [1.54, 1.807) is 0 Å². The van der Waals surface area contributed by atoms with Crippen molar-refractivity contribution in [3.8, 4) is 12.3 Å². The van der Waals surface area contributed by atoms with Gasteiger partial charge < -0.3 is 10.4 Å². The van der Waals surface area contributed by atoms with Gasteiger partial charge in [0.05, 0.1) is 12.1 Å². The number of aliphatic hydroxyl groups is 1. The van der Waals surface area contributed by atoms with Crippen molar-refractivity contribution < 1.29 is 5.11 Å². The molecule has 2 N–H and O–H groups in total. The first-order chi connectivity index (χ1) is 8.58. The molecule has 2 unspecified atom stereocenters. The summed E-state index contributed by atoms with van der Waals surface area (Å²) in [5.74, 6) is 3.17. The molecule has 0 aliphatic heterocycles. The summed E-state index contributed by atoms with van der Waals surface area (Å²) < 4.78 is 0. The van der Waals surface area contributed by atoms with Gasteiger partial charge >= 0.3 is 0 Å². The van der Waals surface area contributed by atoms with Gasteiger partial charge in [0.25, 0.3) is 0 Å². The molecular formula is C16H23NO. The summed E-state index contributed by atoms with van der Waals surface area (Å²) >= 11 is 0. The summed E-state index contributed by atoms with van der Waals surface area (Å²) in [6.45, 7) is 6.84. The van der Waals surface area contributed by atoms with Gasteiger partial charge in [-0.15, -0.1) is 6.42 Å². The maximum Gasteiger partial charge on any atom is 0.0914 e. The molecule has 0 heterocycles. The van der Waals surface area contributed by atoms with Crippen LogP contribution in [0, 0.1) is 12.3 Å². The van der Waals surface area contributed by atoms with Crippen molar-refractivity contribution in [3.63, 3.8) is 0 Å². The van der Waals surface area contributed by atoms with Crippen LogP contribution in [-0.2, 0) is 0 Å². The first kappa shape index (κ1) is 14.8. The molecule has 0 saturated carbocycles. The van der Waals surface area contributed by atoms with Crippen LogP contribution in [0.2, 0.25) is 0 Å². The van der Waals surface area contributed by atoms with Crippen LogP contribution >= 0.6 is 0 Å². The Kier molecular flexibility index (Phi) is 5.91. The molecule has 1 aromatic rings. The summed E-state index contributed by atoms with van der Waals surface area (Å²) in [5.41, 5.74) is 2.22. The Labute approximate surface area is 110 Å². The molecule has 0 amide bonds. The second-order valence-electron chi connectivity index (χ2n) is 4.87.